The molecule has 2 aliphatic rings. The molecule has 0 radical (unpaired) electrons. The normalized spacial score (nSPS) is 20.6. The molecule has 26 heavy (non-hydrogen) atoms. The number of aliphatic hydroxyl groups excluding tert-OH is 1. The zero-order valence-electron chi connectivity index (χ0n) is 14.9. The van der Waals surface area contributed by atoms with E-state index in [0.29, 0.717) is 12.5 Å². The average Bonchev–Trinajstić information content (AvgIpc) is 2.65. The molecule has 0 amide bonds. The SMILES string of the molecule is COc1ccccc1OC1CN(c2nccc(N3CCC[C@@H](O)C3)n2)C1. The van der Waals surface area contributed by atoms with Crippen LogP contribution in [0.15, 0.2) is 36.5 Å². The van der Waals surface area contributed by atoms with Crippen molar-refractivity contribution in [3.8, 4) is 11.5 Å². The van der Waals surface area contributed by atoms with Gasteiger partial charge < -0.3 is 24.4 Å². The quantitative estimate of drug-likeness (QED) is 0.874. The van der Waals surface area contributed by atoms with Gasteiger partial charge in [-0.15, -0.1) is 0 Å². The maximum absolute atomic E-state index is 9.87. The zero-order valence-corrected chi connectivity index (χ0v) is 14.9. The number of benzene rings is 1. The van der Waals surface area contributed by atoms with E-state index in [1.165, 1.54) is 0 Å². The summed E-state index contributed by atoms with van der Waals surface area (Å²) in [6.07, 6.45) is 3.45. The number of piperidine rings is 1. The van der Waals surface area contributed by atoms with Crippen molar-refractivity contribution in [2.45, 2.75) is 25.0 Å². The Bertz CT molecular complexity index is 751. The Labute approximate surface area is 153 Å². The molecule has 0 saturated carbocycles. The average molecular weight is 356 g/mol. The van der Waals surface area contributed by atoms with Gasteiger partial charge in [-0.2, -0.15) is 4.98 Å². The lowest BCUT2D eigenvalue weighted by molar-refractivity contribution is 0.153. The predicted octanol–water partition coefficient (Wildman–Crippen LogP) is 1.71. The number of nitrogens with zero attached hydrogens (tertiary/aromatic N) is 4. The third kappa shape index (κ3) is 3.53. The molecule has 0 aliphatic carbocycles. The number of para-hydroxylation sites is 2. The van der Waals surface area contributed by atoms with Crippen LogP contribution in [0.25, 0.3) is 0 Å². The van der Waals surface area contributed by atoms with Crippen LogP contribution in [-0.4, -0.2) is 60.6 Å². The van der Waals surface area contributed by atoms with Gasteiger partial charge in [0, 0.05) is 19.3 Å². The number of ether oxygens (including phenoxy) is 2. The Morgan fingerprint density at radius 2 is 1.88 bits per heavy atom. The van der Waals surface area contributed by atoms with E-state index in [2.05, 4.69) is 19.8 Å². The third-order valence-corrected chi connectivity index (χ3v) is 4.84. The summed E-state index contributed by atoms with van der Waals surface area (Å²) in [5, 5.41) is 9.87. The molecule has 7 nitrogen and oxygen atoms in total. The summed E-state index contributed by atoms with van der Waals surface area (Å²) in [7, 11) is 1.64. The molecule has 2 aromatic rings. The number of methoxy groups -OCH3 is 1. The van der Waals surface area contributed by atoms with Crippen LogP contribution in [0, 0.1) is 0 Å². The van der Waals surface area contributed by atoms with Crippen LogP contribution >= 0.6 is 0 Å². The molecule has 4 rings (SSSR count). The molecule has 1 atom stereocenters. The molecule has 2 fully saturated rings. The number of hydrogen-bond acceptors (Lipinski definition) is 7. The van der Waals surface area contributed by atoms with Gasteiger partial charge in [0.15, 0.2) is 11.5 Å². The first-order valence-electron chi connectivity index (χ1n) is 9.03. The number of rotatable bonds is 5. The Morgan fingerprint density at radius 3 is 2.65 bits per heavy atom. The van der Waals surface area contributed by atoms with Crippen molar-refractivity contribution in [2.24, 2.45) is 0 Å². The van der Waals surface area contributed by atoms with Crippen molar-refractivity contribution in [3.05, 3.63) is 36.5 Å². The van der Waals surface area contributed by atoms with Crippen LogP contribution < -0.4 is 19.3 Å². The molecule has 1 N–H and O–H groups in total. The van der Waals surface area contributed by atoms with Gasteiger partial charge in [-0.1, -0.05) is 12.1 Å². The second kappa shape index (κ2) is 7.37. The molecule has 0 bridgehead atoms. The number of hydrogen-bond donors (Lipinski definition) is 1. The maximum atomic E-state index is 9.87. The smallest absolute Gasteiger partial charge is 0.227 e. The van der Waals surface area contributed by atoms with E-state index in [9.17, 15) is 5.11 Å². The highest BCUT2D eigenvalue weighted by Crippen LogP contribution is 2.30. The van der Waals surface area contributed by atoms with Gasteiger partial charge in [0.25, 0.3) is 0 Å². The highest BCUT2D eigenvalue weighted by atomic mass is 16.5. The maximum Gasteiger partial charge on any atom is 0.227 e. The summed E-state index contributed by atoms with van der Waals surface area (Å²) in [5.41, 5.74) is 0. The van der Waals surface area contributed by atoms with Crippen molar-refractivity contribution < 1.29 is 14.6 Å². The van der Waals surface area contributed by atoms with Crippen LogP contribution in [0.5, 0.6) is 11.5 Å². The van der Waals surface area contributed by atoms with E-state index in [1.807, 2.05) is 30.3 Å². The highest BCUT2D eigenvalue weighted by Gasteiger charge is 2.31. The van der Waals surface area contributed by atoms with Gasteiger partial charge >= 0.3 is 0 Å². The lowest BCUT2D eigenvalue weighted by Gasteiger charge is -2.39. The van der Waals surface area contributed by atoms with Gasteiger partial charge in [0.1, 0.15) is 11.9 Å². The molecule has 138 valence electrons. The summed E-state index contributed by atoms with van der Waals surface area (Å²) in [4.78, 5) is 13.3. The van der Waals surface area contributed by atoms with Crippen LogP contribution in [0.1, 0.15) is 12.8 Å². The summed E-state index contributed by atoms with van der Waals surface area (Å²) in [5.74, 6) is 3.09. The Hall–Kier alpha value is -2.54. The summed E-state index contributed by atoms with van der Waals surface area (Å²) < 4.78 is 11.3. The first-order valence-corrected chi connectivity index (χ1v) is 9.03. The van der Waals surface area contributed by atoms with Crippen LogP contribution in [0.2, 0.25) is 0 Å². The second-order valence-corrected chi connectivity index (χ2v) is 6.75. The first kappa shape index (κ1) is 16.9. The van der Waals surface area contributed by atoms with Crippen molar-refractivity contribution in [3.63, 3.8) is 0 Å². The zero-order chi connectivity index (χ0) is 17.9. The number of anilines is 2. The fraction of sp³-hybridized carbons (Fsp3) is 0.474. The molecule has 0 spiro atoms. The third-order valence-electron chi connectivity index (χ3n) is 4.84. The first-order chi connectivity index (χ1) is 12.7. The summed E-state index contributed by atoms with van der Waals surface area (Å²) in [6.45, 7) is 3.04. The lowest BCUT2D eigenvalue weighted by Crippen LogP contribution is -2.54. The minimum absolute atomic E-state index is 0.0929. The Kier molecular flexibility index (Phi) is 4.79. The van der Waals surface area contributed by atoms with Gasteiger partial charge in [-0.3, -0.25) is 0 Å². The topological polar surface area (TPSA) is 71.0 Å². The molecule has 2 saturated heterocycles. The molecule has 3 heterocycles. The van der Waals surface area contributed by atoms with E-state index >= 15 is 0 Å². The minimum atomic E-state index is -0.273. The van der Waals surface area contributed by atoms with E-state index in [-0.39, 0.29) is 12.2 Å². The van der Waals surface area contributed by atoms with Gasteiger partial charge in [0.05, 0.1) is 26.3 Å². The molecular weight excluding hydrogens is 332 g/mol. The van der Waals surface area contributed by atoms with Crippen molar-refractivity contribution >= 4 is 11.8 Å². The highest BCUT2D eigenvalue weighted by molar-refractivity contribution is 5.46. The monoisotopic (exact) mass is 356 g/mol. The largest absolute Gasteiger partial charge is 0.493 e. The minimum Gasteiger partial charge on any atom is -0.493 e. The van der Waals surface area contributed by atoms with Gasteiger partial charge in [0.2, 0.25) is 5.95 Å². The Morgan fingerprint density at radius 1 is 1.08 bits per heavy atom. The van der Waals surface area contributed by atoms with E-state index in [0.717, 1.165) is 49.8 Å². The molecule has 0 unspecified atom stereocenters. The lowest BCUT2D eigenvalue weighted by atomic mass is 10.1. The van der Waals surface area contributed by atoms with Crippen LogP contribution in [0.3, 0.4) is 0 Å². The van der Waals surface area contributed by atoms with Crippen molar-refractivity contribution in [1.29, 1.82) is 0 Å². The van der Waals surface area contributed by atoms with Gasteiger partial charge in [-0.25, -0.2) is 4.98 Å². The fourth-order valence-corrected chi connectivity index (χ4v) is 3.40. The molecule has 1 aromatic heterocycles. The molecule has 1 aromatic carbocycles. The van der Waals surface area contributed by atoms with Crippen LogP contribution in [0.4, 0.5) is 11.8 Å². The van der Waals surface area contributed by atoms with E-state index < -0.39 is 0 Å². The van der Waals surface area contributed by atoms with E-state index in [1.54, 1.807) is 13.3 Å². The van der Waals surface area contributed by atoms with Crippen molar-refractivity contribution in [1.82, 2.24) is 9.97 Å². The summed E-state index contributed by atoms with van der Waals surface area (Å²) in [6, 6.07) is 9.58. The number of β-amino-alcohol motifs (C(OH)–C–C–N with tert-alkyl or cyclic N) is 1. The van der Waals surface area contributed by atoms with Crippen molar-refractivity contribution in [2.75, 3.05) is 43.1 Å². The standard InChI is InChI=1S/C19H24N4O3/c1-25-16-6-2-3-7-17(16)26-15-12-23(13-15)19-20-9-8-18(21-19)22-10-4-5-14(24)11-22/h2-3,6-9,14-15,24H,4-5,10-13H2,1H3/t14-/m1/s1. The number of aromatic nitrogens is 2. The Balaban J connectivity index is 1.37. The van der Waals surface area contributed by atoms with Gasteiger partial charge in [-0.05, 0) is 31.0 Å². The molecule has 7 heteroatoms. The van der Waals surface area contributed by atoms with E-state index in [4.69, 9.17) is 9.47 Å². The number of aliphatic hydroxyl groups is 1. The second-order valence-electron chi connectivity index (χ2n) is 6.75. The summed E-state index contributed by atoms with van der Waals surface area (Å²) >= 11 is 0. The molecule has 2 aliphatic heterocycles. The fourth-order valence-electron chi connectivity index (χ4n) is 3.40. The molecular formula is C19H24N4O3. The predicted molar refractivity (Wildman–Crippen MR) is 99.1 cm³/mol. The van der Waals surface area contributed by atoms with Crippen LogP contribution in [-0.2, 0) is 0 Å².